The molecule has 2 heterocycles. The zero-order chi connectivity index (χ0) is 18.4. The fourth-order valence-electron chi connectivity index (χ4n) is 3.70. The highest BCUT2D eigenvalue weighted by atomic mass is 35.5. The third-order valence-electron chi connectivity index (χ3n) is 4.64. The summed E-state index contributed by atoms with van der Waals surface area (Å²) in [7, 11) is 0. The number of likely N-dealkylation sites (tertiary alicyclic amines) is 1. The van der Waals surface area contributed by atoms with E-state index in [2.05, 4.69) is 0 Å². The summed E-state index contributed by atoms with van der Waals surface area (Å²) in [5, 5.41) is 10.2. The molecule has 0 bridgehead atoms. The highest BCUT2D eigenvalue weighted by Gasteiger charge is 2.45. The molecule has 0 saturated carbocycles. The number of benzene rings is 1. The maximum Gasteiger partial charge on any atom is 0.410 e. The topological polar surface area (TPSA) is 70.1 Å². The van der Waals surface area contributed by atoms with Gasteiger partial charge in [-0.05, 0) is 56.9 Å². The molecule has 2 aliphatic rings. The molecule has 0 spiro atoms. The SMILES string of the molecule is CC(C)(C)OC(=O)N1CCCC1C1c2cc(Cl)ccc2CN1C(=O)O. The maximum absolute atomic E-state index is 12.6. The highest BCUT2D eigenvalue weighted by molar-refractivity contribution is 6.30. The van der Waals surface area contributed by atoms with Crippen LogP contribution < -0.4 is 0 Å². The van der Waals surface area contributed by atoms with Gasteiger partial charge in [0, 0.05) is 11.6 Å². The lowest BCUT2D eigenvalue weighted by atomic mass is 9.97. The number of carboxylic acid groups (broad SMARTS) is 1. The summed E-state index contributed by atoms with van der Waals surface area (Å²) in [5.74, 6) is 0. The minimum Gasteiger partial charge on any atom is -0.465 e. The number of carbonyl (C=O) groups is 2. The number of carbonyl (C=O) groups excluding carboxylic acids is 1. The Morgan fingerprint density at radius 3 is 2.64 bits per heavy atom. The fraction of sp³-hybridized carbons (Fsp3) is 0.556. The Bertz CT molecular complexity index is 701. The van der Waals surface area contributed by atoms with Crippen LogP contribution in [-0.4, -0.2) is 45.3 Å². The van der Waals surface area contributed by atoms with Gasteiger partial charge in [-0.2, -0.15) is 0 Å². The van der Waals surface area contributed by atoms with Crippen molar-refractivity contribution < 1.29 is 19.4 Å². The van der Waals surface area contributed by atoms with Gasteiger partial charge in [0.15, 0.2) is 0 Å². The van der Waals surface area contributed by atoms with E-state index in [9.17, 15) is 14.7 Å². The fourth-order valence-corrected chi connectivity index (χ4v) is 3.88. The van der Waals surface area contributed by atoms with E-state index < -0.39 is 23.8 Å². The van der Waals surface area contributed by atoms with Crippen LogP contribution in [0.3, 0.4) is 0 Å². The Kier molecular flexibility index (Phi) is 4.58. The Balaban J connectivity index is 1.93. The van der Waals surface area contributed by atoms with E-state index >= 15 is 0 Å². The van der Waals surface area contributed by atoms with Crippen molar-refractivity contribution in [2.24, 2.45) is 0 Å². The molecule has 2 amide bonds. The van der Waals surface area contributed by atoms with Crippen molar-refractivity contribution in [2.75, 3.05) is 6.54 Å². The van der Waals surface area contributed by atoms with E-state index in [1.807, 2.05) is 32.9 Å². The lowest BCUT2D eigenvalue weighted by Crippen LogP contribution is -2.46. The third-order valence-corrected chi connectivity index (χ3v) is 4.88. The van der Waals surface area contributed by atoms with Gasteiger partial charge in [0.1, 0.15) is 5.60 Å². The van der Waals surface area contributed by atoms with Gasteiger partial charge in [-0.3, -0.25) is 4.90 Å². The van der Waals surface area contributed by atoms with Gasteiger partial charge in [-0.1, -0.05) is 17.7 Å². The highest BCUT2D eigenvalue weighted by Crippen LogP contribution is 2.42. The van der Waals surface area contributed by atoms with Crippen LogP contribution in [0.15, 0.2) is 18.2 Å². The smallest absolute Gasteiger partial charge is 0.410 e. The molecule has 1 fully saturated rings. The van der Waals surface area contributed by atoms with Gasteiger partial charge < -0.3 is 14.7 Å². The zero-order valence-electron chi connectivity index (χ0n) is 14.7. The molecule has 1 N–H and O–H groups in total. The number of fused-ring (bicyclic) bond motifs is 1. The van der Waals surface area contributed by atoms with E-state index in [-0.39, 0.29) is 6.04 Å². The van der Waals surface area contributed by atoms with E-state index in [0.29, 0.717) is 18.1 Å². The predicted octanol–water partition coefficient (Wildman–Crippen LogP) is 4.27. The monoisotopic (exact) mass is 366 g/mol. The van der Waals surface area contributed by atoms with Crippen molar-refractivity contribution in [1.29, 1.82) is 0 Å². The maximum atomic E-state index is 12.6. The van der Waals surface area contributed by atoms with E-state index in [1.165, 1.54) is 4.90 Å². The number of hydrogen-bond donors (Lipinski definition) is 1. The molecule has 2 atom stereocenters. The molecule has 0 aromatic heterocycles. The molecule has 136 valence electrons. The second-order valence-corrected chi connectivity index (χ2v) is 8.02. The van der Waals surface area contributed by atoms with Crippen molar-refractivity contribution in [1.82, 2.24) is 9.80 Å². The Hall–Kier alpha value is -1.95. The minimum absolute atomic E-state index is 0.245. The lowest BCUT2D eigenvalue weighted by molar-refractivity contribution is 0.0134. The number of rotatable bonds is 1. The molecule has 7 heteroatoms. The van der Waals surface area contributed by atoms with Crippen LogP contribution in [0.5, 0.6) is 0 Å². The van der Waals surface area contributed by atoms with Crippen LogP contribution in [0.4, 0.5) is 9.59 Å². The van der Waals surface area contributed by atoms with Gasteiger partial charge in [-0.25, -0.2) is 9.59 Å². The van der Waals surface area contributed by atoms with Gasteiger partial charge in [0.25, 0.3) is 0 Å². The summed E-state index contributed by atoms with van der Waals surface area (Å²) in [4.78, 5) is 27.4. The molecule has 25 heavy (non-hydrogen) atoms. The number of hydrogen-bond acceptors (Lipinski definition) is 3. The van der Waals surface area contributed by atoms with Crippen LogP contribution in [0.2, 0.25) is 5.02 Å². The Morgan fingerprint density at radius 2 is 2.00 bits per heavy atom. The van der Waals surface area contributed by atoms with Gasteiger partial charge in [0.05, 0.1) is 18.6 Å². The standard InChI is InChI=1S/C18H23ClN2O4/c1-18(2,3)25-17(24)20-8-4-5-14(20)15-13-9-12(19)7-6-11(13)10-21(15)16(22)23/h6-7,9,14-15H,4-5,8,10H2,1-3H3,(H,22,23). The molecule has 3 rings (SSSR count). The number of nitrogens with zero attached hydrogens (tertiary/aromatic N) is 2. The first-order valence-corrected chi connectivity index (χ1v) is 8.82. The van der Waals surface area contributed by atoms with Gasteiger partial charge in [0.2, 0.25) is 0 Å². The van der Waals surface area contributed by atoms with Gasteiger partial charge in [-0.15, -0.1) is 0 Å². The first-order valence-electron chi connectivity index (χ1n) is 8.45. The zero-order valence-corrected chi connectivity index (χ0v) is 15.4. The molecule has 2 aliphatic heterocycles. The summed E-state index contributed by atoms with van der Waals surface area (Å²) in [5.41, 5.74) is 1.23. The first-order chi connectivity index (χ1) is 11.7. The van der Waals surface area contributed by atoms with Crippen LogP contribution in [0.25, 0.3) is 0 Å². The molecular formula is C18H23ClN2O4. The third kappa shape index (κ3) is 3.54. The van der Waals surface area contributed by atoms with Crippen LogP contribution in [0, 0.1) is 0 Å². The number of ether oxygens (including phenoxy) is 1. The lowest BCUT2D eigenvalue weighted by Gasteiger charge is -2.35. The van der Waals surface area contributed by atoms with E-state index in [0.717, 1.165) is 24.0 Å². The molecule has 0 radical (unpaired) electrons. The van der Waals surface area contributed by atoms with Crippen molar-refractivity contribution in [2.45, 2.75) is 57.8 Å². The second kappa shape index (κ2) is 6.41. The molecule has 1 aromatic carbocycles. The average molecular weight is 367 g/mol. The second-order valence-electron chi connectivity index (χ2n) is 7.58. The quantitative estimate of drug-likeness (QED) is 0.805. The summed E-state index contributed by atoms with van der Waals surface area (Å²) >= 11 is 6.14. The van der Waals surface area contributed by atoms with Crippen LogP contribution in [-0.2, 0) is 11.3 Å². The molecular weight excluding hydrogens is 344 g/mol. The minimum atomic E-state index is -0.992. The summed E-state index contributed by atoms with van der Waals surface area (Å²) in [6.07, 6.45) is 0.174. The molecule has 1 saturated heterocycles. The largest absolute Gasteiger partial charge is 0.465 e. The number of halogens is 1. The van der Waals surface area contributed by atoms with Crippen molar-refractivity contribution in [3.63, 3.8) is 0 Å². The number of amides is 2. The van der Waals surface area contributed by atoms with Crippen LogP contribution in [0.1, 0.15) is 50.8 Å². The average Bonchev–Trinajstić information content (AvgIpc) is 3.08. The predicted molar refractivity (Wildman–Crippen MR) is 93.7 cm³/mol. The summed E-state index contributed by atoms with van der Waals surface area (Å²) in [6.45, 7) is 6.35. The van der Waals surface area contributed by atoms with Crippen molar-refractivity contribution in [3.05, 3.63) is 34.3 Å². The van der Waals surface area contributed by atoms with E-state index in [4.69, 9.17) is 16.3 Å². The molecule has 2 unspecified atom stereocenters. The van der Waals surface area contributed by atoms with Crippen LogP contribution >= 0.6 is 11.6 Å². The van der Waals surface area contributed by atoms with E-state index in [1.54, 1.807) is 11.0 Å². The van der Waals surface area contributed by atoms with Gasteiger partial charge >= 0.3 is 12.2 Å². The summed E-state index contributed by atoms with van der Waals surface area (Å²) < 4.78 is 5.51. The Labute approximate surface area is 152 Å². The normalized spacial score (nSPS) is 22.9. The summed E-state index contributed by atoms with van der Waals surface area (Å²) in [6, 6.07) is 4.78. The van der Waals surface area contributed by atoms with Crippen molar-refractivity contribution >= 4 is 23.8 Å². The molecule has 1 aromatic rings. The molecule has 6 nitrogen and oxygen atoms in total. The first kappa shape index (κ1) is 17.9. The molecule has 0 aliphatic carbocycles. The Morgan fingerprint density at radius 1 is 1.28 bits per heavy atom. The van der Waals surface area contributed by atoms with Crippen molar-refractivity contribution in [3.8, 4) is 0 Å².